The van der Waals surface area contributed by atoms with E-state index in [4.69, 9.17) is 0 Å². The van der Waals surface area contributed by atoms with Crippen LogP contribution >= 0.6 is 15.9 Å². The number of hydrogen-bond donors (Lipinski definition) is 0. The van der Waals surface area contributed by atoms with Gasteiger partial charge in [-0.1, -0.05) is 0 Å². The van der Waals surface area contributed by atoms with Gasteiger partial charge in [-0.15, -0.1) is 0 Å². The van der Waals surface area contributed by atoms with Crippen LogP contribution in [0.1, 0.15) is 23.0 Å². The Morgan fingerprint density at radius 3 is 2.40 bits per heavy atom. The van der Waals surface area contributed by atoms with Crippen LogP contribution in [0.3, 0.4) is 0 Å². The van der Waals surface area contributed by atoms with Crippen molar-refractivity contribution in [1.29, 1.82) is 0 Å². The minimum atomic E-state index is -3.26. The second-order valence-corrected chi connectivity index (χ2v) is 7.15. The fraction of sp³-hybridized carbons (Fsp3) is 0.231. The molecule has 0 saturated heterocycles. The number of ketones is 1. The molecule has 20 heavy (non-hydrogen) atoms. The van der Waals surface area contributed by atoms with Gasteiger partial charge in [0.25, 0.3) is 0 Å². The second-order valence-electron chi connectivity index (χ2n) is 4.28. The quantitative estimate of drug-likeness (QED) is 0.788. The summed E-state index contributed by atoms with van der Waals surface area (Å²) in [6.45, 7) is 2.47. The largest absolute Gasteiger partial charge is 0.287 e. The third kappa shape index (κ3) is 2.83. The first-order valence-corrected chi connectivity index (χ1v) is 8.59. The zero-order valence-corrected chi connectivity index (χ0v) is 13.4. The summed E-state index contributed by atoms with van der Waals surface area (Å²) in [5, 5.41) is 4.09. The van der Waals surface area contributed by atoms with E-state index in [0.717, 1.165) is 6.26 Å². The van der Waals surface area contributed by atoms with E-state index >= 15 is 0 Å². The summed E-state index contributed by atoms with van der Waals surface area (Å²) in [4.78, 5) is 12.6. The van der Waals surface area contributed by atoms with Crippen molar-refractivity contribution in [2.45, 2.75) is 18.4 Å². The van der Waals surface area contributed by atoms with Crippen molar-refractivity contribution in [3.05, 3.63) is 46.2 Å². The van der Waals surface area contributed by atoms with Crippen LogP contribution in [-0.4, -0.2) is 30.2 Å². The van der Waals surface area contributed by atoms with E-state index in [2.05, 4.69) is 21.0 Å². The van der Waals surface area contributed by atoms with Crippen molar-refractivity contribution in [2.24, 2.45) is 0 Å². The highest BCUT2D eigenvalue weighted by Gasteiger charge is 2.18. The molecule has 0 N–H and O–H groups in total. The molecule has 0 fully saturated rings. The Morgan fingerprint density at radius 2 is 1.90 bits per heavy atom. The highest BCUT2D eigenvalue weighted by Crippen LogP contribution is 2.21. The highest BCUT2D eigenvalue weighted by atomic mass is 79.9. The van der Waals surface area contributed by atoms with Gasteiger partial charge >= 0.3 is 0 Å². The molecule has 0 amide bonds. The third-order valence-corrected chi connectivity index (χ3v) is 4.56. The van der Waals surface area contributed by atoms with E-state index in [-0.39, 0.29) is 10.7 Å². The predicted molar refractivity (Wildman–Crippen MR) is 78.6 cm³/mol. The van der Waals surface area contributed by atoms with Crippen molar-refractivity contribution in [1.82, 2.24) is 9.78 Å². The smallest absolute Gasteiger partial charge is 0.212 e. The van der Waals surface area contributed by atoms with Gasteiger partial charge in [0.05, 0.1) is 15.6 Å². The molecule has 0 aliphatic heterocycles. The number of sulfone groups is 1. The average molecular weight is 357 g/mol. The molecule has 0 radical (unpaired) electrons. The summed E-state index contributed by atoms with van der Waals surface area (Å²) in [5.41, 5.74) is 0.882. The molecule has 7 heteroatoms. The molecule has 1 aromatic heterocycles. The maximum atomic E-state index is 12.4. The monoisotopic (exact) mass is 356 g/mol. The summed E-state index contributed by atoms with van der Waals surface area (Å²) < 4.78 is 25.0. The normalized spacial score (nSPS) is 11.6. The molecule has 106 valence electrons. The first-order valence-electron chi connectivity index (χ1n) is 5.90. The van der Waals surface area contributed by atoms with Crippen molar-refractivity contribution in [3.8, 4) is 0 Å². The van der Waals surface area contributed by atoms with Crippen molar-refractivity contribution in [2.75, 3.05) is 6.26 Å². The molecule has 0 unspecified atom stereocenters. The molecule has 0 bridgehead atoms. The summed E-state index contributed by atoms with van der Waals surface area (Å²) in [6.07, 6.45) is 2.70. The van der Waals surface area contributed by atoms with Gasteiger partial charge in [0.1, 0.15) is 5.69 Å². The van der Waals surface area contributed by atoms with E-state index in [1.165, 1.54) is 24.3 Å². The summed E-state index contributed by atoms with van der Waals surface area (Å²) in [5.74, 6) is -0.198. The molecule has 1 aromatic carbocycles. The van der Waals surface area contributed by atoms with Crippen LogP contribution in [0.2, 0.25) is 0 Å². The second kappa shape index (κ2) is 5.49. The Labute approximate surface area is 125 Å². The van der Waals surface area contributed by atoms with Gasteiger partial charge < -0.3 is 0 Å². The Hall–Kier alpha value is -1.47. The van der Waals surface area contributed by atoms with Crippen LogP contribution < -0.4 is 0 Å². The molecular weight excluding hydrogens is 344 g/mol. The van der Waals surface area contributed by atoms with E-state index < -0.39 is 9.84 Å². The SMILES string of the molecule is CCn1ncc(Br)c1C(=O)c1ccc(S(C)(=O)=O)cc1. The lowest BCUT2D eigenvalue weighted by atomic mass is 10.1. The number of rotatable bonds is 4. The summed E-state index contributed by atoms with van der Waals surface area (Å²) in [6, 6.07) is 5.89. The number of halogens is 1. The summed E-state index contributed by atoms with van der Waals surface area (Å²) >= 11 is 3.30. The van der Waals surface area contributed by atoms with E-state index in [9.17, 15) is 13.2 Å². The van der Waals surface area contributed by atoms with Gasteiger partial charge in [-0.2, -0.15) is 5.10 Å². The van der Waals surface area contributed by atoms with E-state index in [0.29, 0.717) is 22.3 Å². The van der Waals surface area contributed by atoms with Crippen LogP contribution in [0.5, 0.6) is 0 Å². The Kier molecular flexibility index (Phi) is 4.10. The topological polar surface area (TPSA) is 69.0 Å². The van der Waals surface area contributed by atoms with E-state index in [1.54, 1.807) is 10.9 Å². The Morgan fingerprint density at radius 1 is 1.30 bits per heavy atom. The van der Waals surface area contributed by atoms with Crippen LogP contribution in [-0.2, 0) is 16.4 Å². The van der Waals surface area contributed by atoms with Crippen LogP contribution in [0.15, 0.2) is 39.8 Å². The maximum Gasteiger partial charge on any atom is 0.212 e. The molecule has 0 saturated carbocycles. The third-order valence-electron chi connectivity index (χ3n) is 2.85. The van der Waals surface area contributed by atoms with Crippen molar-refractivity contribution in [3.63, 3.8) is 0 Å². The molecule has 2 aromatic rings. The maximum absolute atomic E-state index is 12.4. The molecule has 2 rings (SSSR count). The van der Waals surface area contributed by atoms with Crippen LogP contribution in [0, 0.1) is 0 Å². The van der Waals surface area contributed by atoms with Gasteiger partial charge in [0.2, 0.25) is 5.78 Å². The Balaban J connectivity index is 2.42. The number of nitrogens with zero attached hydrogens (tertiary/aromatic N) is 2. The minimum absolute atomic E-state index is 0.192. The minimum Gasteiger partial charge on any atom is -0.287 e. The number of benzene rings is 1. The van der Waals surface area contributed by atoms with Crippen LogP contribution in [0.25, 0.3) is 0 Å². The molecule has 0 aliphatic rings. The van der Waals surface area contributed by atoms with Crippen LogP contribution in [0.4, 0.5) is 0 Å². The van der Waals surface area contributed by atoms with Gasteiger partial charge in [-0.3, -0.25) is 9.48 Å². The number of carbonyl (C=O) groups excluding carboxylic acids is 1. The lowest BCUT2D eigenvalue weighted by Gasteiger charge is -2.05. The van der Waals surface area contributed by atoms with Gasteiger partial charge in [-0.25, -0.2) is 8.42 Å². The average Bonchev–Trinajstić information content (AvgIpc) is 2.78. The van der Waals surface area contributed by atoms with Gasteiger partial charge in [-0.05, 0) is 47.1 Å². The molecule has 5 nitrogen and oxygen atoms in total. The Bertz CT molecular complexity index is 748. The molecule has 0 spiro atoms. The predicted octanol–water partition coefficient (Wildman–Crippen LogP) is 2.30. The fourth-order valence-electron chi connectivity index (χ4n) is 1.82. The molecule has 1 heterocycles. The van der Waals surface area contributed by atoms with Crippen molar-refractivity contribution >= 4 is 31.6 Å². The number of hydrogen-bond acceptors (Lipinski definition) is 4. The first-order chi connectivity index (χ1) is 9.34. The number of aromatic nitrogens is 2. The van der Waals surface area contributed by atoms with Gasteiger partial charge in [0.15, 0.2) is 9.84 Å². The van der Waals surface area contributed by atoms with E-state index in [1.807, 2.05) is 6.92 Å². The number of carbonyl (C=O) groups is 1. The van der Waals surface area contributed by atoms with Crippen molar-refractivity contribution < 1.29 is 13.2 Å². The number of aryl methyl sites for hydroxylation is 1. The zero-order valence-electron chi connectivity index (χ0n) is 11.0. The molecular formula is C13H13BrN2O3S. The summed E-state index contributed by atoms with van der Waals surface area (Å²) in [7, 11) is -3.26. The zero-order chi connectivity index (χ0) is 14.9. The fourth-order valence-corrected chi connectivity index (χ4v) is 2.92. The highest BCUT2D eigenvalue weighted by molar-refractivity contribution is 9.10. The lowest BCUT2D eigenvalue weighted by Crippen LogP contribution is -2.11. The van der Waals surface area contributed by atoms with Gasteiger partial charge in [0, 0.05) is 18.4 Å². The molecule has 0 aliphatic carbocycles. The standard InChI is InChI=1S/C13H13BrN2O3S/c1-3-16-12(11(14)8-15-16)13(17)9-4-6-10(7-5-9)20(2,18)19/h4-8H,3H2,1-2H3. The lowest BCUT2D eigenvalue weighted by molar-refractivity contribution is 0.102. The first kappa shape index (κ1) is 14.9. The molecule has 0 atom stereocenters.